The van der Waals surface area contributed by atoms with Crippen LogP contribution in [0.5, 0.6) is 0 Å². The molecule has 0 N–H and O–H groups in total. The van der Waals surface area contributed by atoms with Crippen LogP contribution in [0.2, 0.25) is 10.0 Å². The smallest absolute Gasteiger partial charge is 0.244 e. The predicted molar refractivity (Wildman–Crippen MR) is 138 cm³/mol. The molecule has 2 aromatic rings. The summed E-state index contributed by atoms with van der Waals surface area (Å²) in [5, 5.41) is 0.472. The van der Waals surface area contributed by atoms with Crippen LogP contribution >= 0.6 is 23.2 Å². The van der Waals surface area contributed by atoms with Gasteiger partial charge in [0.05, 0.1) is 11.5 Å². The number of piperidine rings is 1. The number of carbonyl (C=O) groups is 1. The molecular formula is C26H30Cl2N2O4S. The maximum absolute atomic E-state index is 13.8. The van der Waals surface area contributed by atoms with E-state index in [1.807, 2.05) is 30.3 Å². The van der Waals surface area contributed by atoms with Gasteiger partial charge in [0.25, 0.3) is 0 Å². The lowest BCUT2D eigenvalue weighted by atomic mass is 9.90. The van der Waals surface area contributed by atoms with Crippen molar-refractivity contribution in [2.24, 2.45) is 5.92 Å². The number of nitrogens with zero attached hydrogens (tertiary/aromatic N) is 2. The Labute approximate surface area is 217 Å². The maximum Gasteiger partial charge on any atom is 0.244 e. The van der Waals surface area contributed by atoms with Gasteiger partial charge >= 0.3 is 0 Å². The molecule has 0 radical (unpaired) electrons. The molecule has 0 unspecified atom stereocenters. The first-order chi connectivity index (χ1) is 16.8. The molecule has 1 amide bonds. The third kappa shape index (κ3) is 5.92. The van der Waals surface area contributed by atoms with Crippen LogP contribution in [0.4, 0.5) is 0 Å². The lowest BCUT2D eigenvalue weighted by Crippen LogP contribution is -2.54. The van der Waals surface area contributed by atoms with Crippen LogP contribution in [0.3, 0.4) is 0 Å². The second-order valence-electron chi connectivity index (χ2n) is 9.03. The van der Waals surface area contributed by atoms with Crippen molar-refractivity contribution in [1.29, 1.82) is 0 Å². The van der Waals surface area contributed by atoms with E-state index in [-0.39, 0.29) is 32.8 Å². The first kappa shape index (κ1) is 26.2. The number of hydrogen-bond donors (Lipinski definition) is 0. The Balaban J connectivity index is 1.51. The number of halogens is 2. The highest BCUT2D eigenvalue weighted by molar-refractivity contribution is 7.89. The fraction of sp³-hybridized carbons (Fsp3) is 0.423. The summed E-state index contributed by atoms with van der Waals surface area (Å²) in [4.78, 5) is 15.4. The molecule has 2 saturated heterocycles. The van der Waals surface area contributed by atoms with Gasteiger partial charge < -0.3 is 9.64 Å². The lowest BCUT2D eigenvalue weighted by Gasteiger charge is -2.40. The second-order valence-corrected chi connectivity index (χ2v) is 11.7. The third-order valence-electron chi connectivity index (χ3n) is 6.68. The first-order valence-electron chi connectivity index (χ1n) is 11.8. The minimum atomic E-state index is -4.00. The van der Waals surface area contributed by atoms with Crippen LogP contribution < -0.4 is 0 Å². The van der Waals surface area contributed by atoms with E-state index in [4.69, 9.17) is 27.9 Å². The summed E-state index contributed by atoms with van der Waals surface area (Å²) in [7, 11) is -4.00. The summed E-state index contributed by atoms with van der Waals surface area (Å²) in [5.41, 5.74) is 1.10. The number of sulfonamides is 1. The topological polar surface area (TPSA) is 66.9 Å². The summed E-state index contributed by atoms with van der Waals surface area (Å²) in [6, 6.07) is 13.1. The van der Waals surface area contributed by atoms with Crippen molar-refractivity contribution in [3.63, 3.8) is 0 Å². The molecule has 35 heavy (non-hydrogen) atoms. The van der Waals surface area contributed by atoms with E-state index in [0.717, 1.165) is 12.0 Å². The van der Waals surface area contributed by atoms with E-state index in [1.165, 1.54) is 22.5 Å². The summed E-state index contributed by atoms with van der Waals surface area (Å²) >= 11 is 12.2. The number of ether oxygens (including phenoxy) is 1. The quantitative estimate of drug-likeness (QED) is 0.328. The molecule has 3 atom stereocenters. The zero-order valence-electron chi connectivity index (χ0n) is 19.5. The van der Waals surface area contributed by atoms with Crippen LogP contribution in [0.15, 0.2) is 66.1 Å². The van der Waals surface area contributed by atoms with E-state index >= 15 is 0 Å². The zero-order valence-corrected chi connectivity index (χ0v) is 21.8. The Bertz CT molecular complexity index is 1140. The van der Waals surface area contributed by atoms with Gasteiger partial charge in [-0.25, -0.2) is 8.42 Å². The Morgan fingerprint density at radius 3 is 2.49 bits per heavy atom. The number of rotatable bonds is 9. The number of carbonyl (C=O) groups excluding carboxylic acids is 1. The zero-order chi connectivity index (χ0) is 25.0. The Hall–Kier alpha value is -1.90. The number of hydrogen-bond acceptors (Lipinski definition) is 4. The van der Waals surface area contributed by atoms with Crippen LogP contribution in [0.1, 0.15) is 31.2 Å². The number of fused-ring (bicyclic) bond motifs is 2. The van der Waals surface area contributed by atoms with Gasteiger partial charge in [0, 0.05) is 41.7 Å². The van der Waals surface area contributed by atoms with Gasteiger partial charge in [-0.15, -0.1) is 6.58 Å². The Kier molecular flexibility index (Phi) is 8.55. The van der Waals surface area contributed by atoms with Crippen molar-refractivity contribution in [1.82, 2.24) is 9.21 Å². The molecule has 0 saturated carbocycles. The molecule has 0 aromatic heterocycles. The van der Waals surface area contributed by atoms with Crippen molar-refractivity contribution in [3.05, 3.63) is 76.8 Å². The fourth-order valence-electron chi connectivity index (χ4n) is 5.02. The number of benzene rings is 2. The van der Waals surface area contributed by atoms with Gasteiger partial charge in [0.2, 0.25) is 15.9 Å². The average Bonchev–Trinajstić information content (AvgIpc) is 2.91. The summed E-state index contributed by atoms with van der Waals surface area (Å²) in [6.45, 7) is 5.93. The largest absolute Gasteiger partial charge is 0.377 e. The van der Waals surface area contributed by atoms with Crippen molar-refractivity contribution in [2.45, 2.75) is 49.3 Å². The second kappa shape index (κ2) is 11.4. The molecule has 0 spiro atoms. The molecule has 2 fully saturated rings. The highest BCUT2D eigenvalue weighted by Gasteiger charge is 2.49. The van der Waals surface area contributed by atoms with Crippen molar-refractivity contribution in [3.8, 4) is 0 Å². The van der Waals surface area contributed by atoms with Crippen molar-refractivity contribution < 1.29 is 17.9 Å². The summed E-state index contributed by atoms with van der Waals surface area (Å²) < 4.78 is 34.8. The molecule has 9 heteroatoms. The Morgan fingerprint density at radius 1 is 1.09 bits per heavy atom. The van der Waals surface area contributed by atoms with Gasteiger partial charge in [-0.3, -0.25) is 4.79 Å². The molecule has 2 heterocycles. The first-order valence-corrected chi connectivity index (χ1v) is 14.0. The molecule has 2 aliphatic heterocycles. The summed E-state index contributed by atoms with van der Waals surface area (Å²) in [5.74, 6) is -0.349. The third-order valence-corrected chi connectivity index (χ3v) is 9.02. The molecule has 2 aromatic carbocycles. The van der Waals surface area contributed by atoms with E-state index in [1.54, 1.807) is 11.0 Å². The van der Waals surface area contributed by atoms with E-state index in [9.17, 15) is 13.2 Å². The fourth-order valence-corrected chi connectivity index (χ4v) is 7.62. The van der Waals surface area contributed by atoms with Crippen LogP contribution in [0, 0.1) is 5.92 Å². The van der Waals surface area contributed by atoms with Gasteiger partial charge in [-0.05, 0) is 49.4 Å². The number of amides is 1. The maximum atomic E-state index is 13.8. The van der Waals surface area contributed by atoms with Gasteiger partial charge in [-0.1, -0.05) is 59.6 Å². The minimum Gasteiger partial charge on any atom is -0.377 e. The molecule has 4 rings (SSSR count). The van der Waals surface area contributed by atoms with Gasteiger partial charge in [0.1, 0.15) is 6.04 Å². The van der Waals surface area contributed by atoms with Gasteiger partial charge in [-0.2, -0.15) is 4.31 Å². The van der Waals surface area contributed by atoms with E-state index in [2.05, 4.69) is 6.58 Å². The van der Waals surface area contributed by atoms with Crippen LogP contribution in [0.25, 0.3) is 0 Å². The average molecular weight is 538 g/mol. The van der Waals surface area contributed by atoms with E-state index in [0.29, 0.717) is 45.6 Å². The molecule has 2 bridgehead atoms. The normalized spacial score (nSPS) is 23.2. The molecular weight excluding hydrogens is 507 g/mol. The lowest BCUT2D eigenvalue weighted by molar-refractivity contribution is -0.135. The van der Waals surface area contributed by atoms with E-state index < -0.39 is 16.1 Å². The molecule has 2 aliphatic rings. The molecule has 0 aliphatic carbocycles. The monoisotopic (exact) mass is 536 g/mol. The highest BCUT2D eigenvalue weighted by Crippen LogP contribution is 2.38. The SMILES string of the molecule is C=C[C@@H]1CN(CCCOCc2ccccc2)C(=O)[C@@H]2CCC[C@H]1N2S(=O)(=O)c1cc(Cl)cc(Cl)c1. The van der Waals surface area contributed by atoms with Gasteiger partial charge in [0.15, 0.2) is 0 Å². The molecule has 6 nitrogen and oxygen atoms in total. The van der Waals surface area contributed by atoms with Crippen molar-refractivity contribution >= 4 is 39.1 Å². The predicted octanol–water partition coefficient (Wildman–Crippen LogP) is 5.16. The summed E-state index contributed by atoms with van der Waals surface area (Å²) in [6.07, 6.45) is 4.37. The highest BCUT2D eigenvalue weighted by atomic mass is 35.5. The Morgan fingerprint density at radius 2 is 1.80 bits per heavy atom. The van der Waals surface area contributed by atoms with Crippen LogP contribution in [-0.4, -0.2) is 55.3 Å². The standard InChI is InChI=1S/C26H30Cl2N2O4S/c1-2-20-17-29(12-7-13-34-18-19-8-4-3-5-9-19)26(31)25-11-6-10-24(20)30(25)35(32,33)23-15-21(27)14-22(28)16-23/h2-5,8-9,14-16,20,24-25H,1,6-7,10-13,17-18H2/t20-,24-,25+/m1/s1. The molecule has 188 valence electrons. The van der Waals surface area contributed by atoms with Crippen LogP contribution in [-0.2, 0) is 26.2 Å². The van der Waals surface area contributed by atoms with Crippen molar-refractivity contribution in [2.75, 3.05) is 19.7 Å². The minimum absolute atomic E-state index is 0.00488.